The second-order valence-corrected chi connectivity index (χ2v) is 7.76. The SMILES string of the molecule is CC(C)c1[nH]nc(C(=O)NCC2CCCO2)c1S(=O)(=O)Cl. The molecule has 1 amide bonds. The van der Waals surface area contributed by atoms with Crippen molar-refractivity contribution in [2.24, 2.45) is 0 Å². The van der Waals surface area contributed by atoms with Gasteiger partial charge in [0.2, 0.25) is 0 Å². The van der Waals surface area contributed by atoms with E-state index in [4.69, 9.17) is 15.4 Å². The fourth-order valence-electron chi connectivity index (χ4n) is 2.23. The summed E-state index contributed by atoms with van der Waals surface area (Å²) in [5.74, 6) is -0.728. The molecule has 0 aliphatic carbocycles. The van der Waals surface area contributed by atoms with Gasteiger partial charge in [-0.1, -0.05) is 13.8 Å². The van der Waals surface area contributed by atoms with Crippen LogP contribution in [0.4, 0.5) is 0 Å². The number of H-pyrrole nitrogens is 1. The highest BCUT2D eigenvalue weighted by Gasteiger charge is 2.30. The van der Waals surface area contributed by atoms with Gasteiger partial charge in [0.25, 0.3) is 15.0 Å². The Kier molecular flexibility index (Phi) is 4.90. The molecule has 118 valence electrons. The van der Waals surface area contributed by atoms with Crippen LogP contribution in [0.2, 0.25) is 0 Å². The normalized spacial score (nSPS) is 19.1. The van der Waals surface area contributed by atoms with Crippen molar-refractivity contribution in [1.29, 1.82) is 0 Å². The van der Waals surface area contributed by atoms with Crippen molar-refractivity contribution >= 4 is 25.6 Å². The van der Waals surface area contributed by atoms with E-state index in [0.29, 0.717) is 18.8 Å². The monoisotopic (exact) mass is 335 g/mol. The van der Waals surface area contributed by atoms with E-state index in [-0.39, 0.29) is 22.6 Å². The maximum Gasteiger partial charge on any atom is 0.273 e. The van der Waals surface area contributed by atoms with Gasteiger partial charge in [0.1, 0.15) is 4.90 Å². The van der Waals surface area contributed by atoms with Crippen LogP contribution in [0.3, 0.4) is 0 Å². The van der Waals surface area contributed by atoms with Crippen LogP contribution in [-0.2, 0) is 13.8 Å². The minimum absolute atomic E-state index is 0.0338. The summed E-state index contributed by atoms with van der Waals surface area (Å²) < 4.78 is 28.8. The van der Waals surface area contributed by atoms with Crippen LogP contribution in [-0.4, -0.2) is 43.8 Å². The number of aromatic nitrogens is 2. The van der Waals surface area contributed by atoms with E-state index < -0.39 is 15.0 Å². The van der Waals surface area contributed by atoms with Gasteiger partial charge in [-0.2, -0.15) is 5.10 Å². The highest BCUT2D eigenvalue weighted by atomic mass is 35.7. The predicted octanol–water partition coefficient (Wildman–Crippen LogP) is 1.37. The molecule has 1 saturated heterocycles. The molecule has 1 fully saturated rings. The molecule has 0 spiro atoms. The first-order valence-electron chi connectivity index (χ1n) is 6.73. The number of carbonyl (C=O) groups excluding carboxylic acids is 1. The Morgan fingerprint density at radius 3 is 2.81 bits per heavy atom. The number of aromatic amines is 1. The standard InChI is InChI=1S/C12H18ClN3O4S/c1-7(2)9-11(21(13,18)19)10(16-15-9)12(17)14-6-8-4-3-5-20-8/h7-8H,3-6H2,1-2H3,(H,14,17)(H,15,16). The van der Waals surface area contributed by atoms with Crippen LogP contribution in [0, 0.1) is 0 Å². The largest absolute Gasteiger partial charge is 0.376 e. The molecule has 9 heteroatoms. The number of ether oxygens (including phenoxy) is 1. The van der Waals surface area contributed by atoms with E-state index in [1.54, 1.807) is 13.8 Å². The van der Waals surface area contributed by atoms with Crippen LogP contribution in [0.5, 0.6) is 0 Å². The molecule has 0 saturated carbocycles. The van der Waals surface area contributed by atoms with E-state index in [9.17, 15) is 13.2 Å². The van der Waals surface area contributed by atoms with Crippen LogP contribution in [0.1, 0.15) is 48.8 Å². The number of rotatable bonds is 5. The fourth-order valence-corrected chi connectivity index (χ4v) is 3.61. The molecule has 1 aromatic rings. The van der Waals surface area contributed by atoms with Crippen molar-refractivity contribution in [1.82, 2.24) is 15.5 Å². The lowest BCUT2D eigenvalue weighted by atomic mass is 10.1. The van der Waals surface area contributed by atoms with Gasteiger partial charge in [0, 0.05) is 23.8 Å². The summed E-state index contributed by atoms with van der Waals surface area (Å²) in [6.07, 6.45) is 1.80. The quantitative estimate of drug-likeness (QED) is 0.791. The maximum absolute atomic E-state index is 12.1. The fraction of sp³-hybridized carbons (Fsp3) is 0.667. The molecule has 2 rings (SSSR count). The molecular weight excluding hydrogens is 318 g/mol. The van der Waals surface area contributed by atoms with Crippen molar-refractivity contribution < 1.29 is 17.9 Å². The van der Waals surface area contributed by atoms with Crippen LogP contribution in [0.15, 0.2) is 4.90 Å². The zero-order valence-corrected chi connectivity index (χ0v) is 13.4. The summed E-state index contributed by atoms with van der Waals surface area (Å²) in [6, 6.07) is 0. The van der Waals surface area contributed by atoms with Gasteiger partial charge in [0.15, 0.2) is 5.69 Å². The molecule has 2 N–H and O–H groups in total. The molecule has 21 heavy (non-hydrogen) atoms. The third kappa shape index (κ3) is 3.75. The van der Waals surface area contributed by atoms with Crippen molar-refractivity contribution in [3.05, 3.63) is 11.4 Å². The summed E-state index contributed by atoms with van der Waals surface area (Å²) >= 11 is 0. The van der Waals surface area contributed by atoms with Gasteiger partial charge in [-0.05, 0) is 18.8 Å². The molecule has 0 aromatic carbocycles. The van der Waals surface area contributed by atoms with Gasteiger partial charge >= 0.3 is 0 Å². The Bertz CT molecular complexity index is 620. The zero-order chi connectivity index (χ0) is 15.6. The summed E-state index contributed by atoms with van der Waals surface area (Å²) in [7, 11) is 1.37. The second kappa shape index (κ2) is 6.33. The van der Waals surface area contributed by atoms with Crippen molar-refractivity contribution in [3.8, 4) is 0 Å². The molecule has 1 aliphatic rings. The first kappa shape index (κ1) is 16.3. The van der Waals surface area contributed by atoms with Gasteiger partial charge in [-0.3, -0.25) is 9.89 Å². The number of hydrogen-bond acceptors (Lipinski definition) is 5. The van der Waals surface area contributed by atoms with E-state index in [2.05, 4.69) is 15.5 Å². The third-order valence-electron chi connectivity index (χ3n) is 3.30. The number of amides is 1. The second-order valence-electron chi connectivity index (χ2n) is 5.25. The van der Waals surface area contributed by atoms with Crippen molar-refractivity contribution in [3.63, 3.8) is 0 Å². The highest BCUT2D eigenvalue weighted by molar-refractivity contribution is 8.13. The van der Waals surface area contributed by atoms with E-state index in [1.165, 1.54) is 0 Å². The van der Waals surface area contributed by atoms with Crippen molar-refractivity contribution in [2.45, 2.75) is 43.6 Å². The number of nitrogens with one attached hydrogen (secondary N) is 2. The lowest BCUT2D eigenvalue weighted by Crippen LogP contribution is -2.32. The Hall–Kier alpha value is -1.12. The summed E-state index contributed by atoms with van der Waals surface area (Å²) in [5.41, 5.74) is 0.124. The van der Waals surface area contributed by atoms with E-state index in [0.717, 1.165) is 12.8 Å². The molecule has 2 heterocycles. The minimum atomic E-state index is -4.06. The molecule has 0 bridgehead atoms. The minimum Gasteiger partial charge on any atom is -0.376 e. The Morgan fingerprint density at radius 1 is 1.57 bits per heavy atom. The summed E-state index contributed by atoms with van der Waals surface area (Å²) in [4.78, 5) is 11.9. The van der Waals surface area contributed by atoms with Gasteiger partial charge in [-0.25, -0.2) is 8.42 Å². The predicted molar refractivity (Wildman–Crippen MR) is 77.0 cm³/mol. The Balaban J connectivity index is 2.20. The Morgan fingerprint density at radius 2 is 2.29 bits per heavy atom. The highest BCUT2D eigenvalue weighted by Crippen LogP contribution is 2.27. The Labute approximate surface area is 127 Å². The average Bonchev–Trinajstić information content (AvgIpc) is 3.03. The zero-order valence-electron chi connectivity index (χ0n) is 11.8. The molecule has 0 radical (unpaired) electrons. The third-order valence-corrected chi connectivity index (χ3v) is 4.66. The number of hydrogen-bond donors (Lipinski definition) is 2. The van der Waals surface area contributed by atoms with Gasteiger partial charge in [-0.15, -0.1) is 0 Å². The first-order chi connectivity index (χ1) is 9.80. The molecular formula is C12H18ClN3O4S. The van der Waals surface area contributed by atoms with Crippen molar-refractivity contribution in [2.75, 3.05) is 13.2 Å². The summed E-state index contributed by atoms with van der Waals surface area (Å²) in [5, 5.41) is 9.03. The maximum atomic E-state index is 12.1. The average molecular weight is 336 g/mol. The number of halogens is 1. The first-order valence-corrected chi connectivity index (χ1v) is 9.04. The van der Waals surface area contributed by atoms with E-state index >= 15 is 0 Å². The van der Waals surface area contributed by atoms with Gasteiger partial charge in [0.05, 0.1) is 11.8 Å². The van der Waals surface area contributed by atoms with E-state index in [1.807, 2.05) is 0 Å². The van der Waals surface area contributed by atoms with Crippen LogP contribution < -0.4 is 5.32 Å². The molecule has 1 aromatic heterocycles. The topological polar surface area (TPSA) is 101 Å². The number of carbonyl (C=O) groups is 1. The van der Waals surface area contributed by atoms with Crippen LogP contribution >= 0.6 is 10.7 Å². The lowest BCUT2D eigenvalue weighted by molar-refractivity contribution is 0.0851. The van der Waals surface area contributed by atoms with Gasteiger partial charge < -0.3 is 10.1 Å². The number of nitrogens with zero attached hydrogens (tertiary/aromatic N) is 1. The molecule has 1 aliphatic heterocycles. The van der Waals surface area contributed by atoms with Crippen LogP contribution in [0.25, 0.3) is 0 Å². The smallest absolute Gasteiger partial charge is 0.273 e. The molecule has 7 nitrogen and oxygen atoms in total. The molecule has 1 atom stereocenters. The lowest BCUT2D eigenvalue weighted by Gasteiger charge is -2.10. The summed E-state index contributed by atoms with van der Waals surface area (Å²) in [6.45, 7) is 4.58. The molecule has 1 unspecified atom stereocenters.